The highest BCUT2D eigenvalue weighted by Crippen LogP contribution is 2.46. The molecule has 0 aliphatic rings. The predicted octanol–water partition coefficient (Wildman–Crippen LogP) is 3.86. The number of phenolic OH excluding ortho intramolecular Hbond substituents is 1. The van der Waals surface area contributed by atoms with Gasteiger partial charge in [-0.1, -0.05) is 24.3 Å². The average Bonchev–Trinajstić information content (AvgIpc) is 3.28. The van der Waals surface area contributed by atoms with Crippen molar-refractivity contribution in [2.45, 2.75) is 22.6 Å². The summed E-state index contributed by atoms with van der Waals surface area (Å²) in [5.74, 6) is -1.60. The molecule has 0 spiro atoms. The van der Waals surface area contributed by atoms with Gasteiger partial charge in [0.2, 0.25) is 17.2 Å². The fourth-order valence-corrected chi connectivity index (χ4v) is 8.34. The molecule has 0 aliphatic heterocycles. The third kappa shape index (κ3) is 23.5. The Morgan fingerprint density at radius 3 is 1.69 bits per heavy atom. The zero-order chi connectivity index (χ0) is 57.9. The maximum absolute atomic E-state index is 12.5. The Labute approximate surface area is 443 Å². The Morgan fingerprint density at radius 1 is 0.610 bits per heavy atom. The van der Waals surface area contributed by atoms with Crippen molar-refractivity contribution >= 4 is 147 Å². The lowest BCUT2D eigenvalue weighted by Gasteiger charge is -2.12. The van der Waals surface area contributed by atoms with E-state index in [0.29, 0.717) is 29.9 Å². The molecule has 1 heterocycles. The molecule has 77 heavy (non-hydrogen) atoms. The number of fused-ring (bicyclic) bond motifs is 1. The van der Waals surface area contributed by atoms with E-state index in [-0.39, 0.29) is 56.5 Å². The molecule has 5 aromatic carbocycles. The molecule has 0 fully saturated rings. The van der Waals surface area contributed by atoms with Crippen LogP contribution in [0.2, 0.25) is 5.28 Å². The van der Waals surface area contributed by atoms with Gasteiger partial charge in [0.25, 0.3) is 10.1 Å². The Hall–Kier alpha value is -7.48. The minimum atomic E-state index is -4.99. The number of hydrogen-bond acceptors (Lipinski definition) is 30. The summed E-state index contributed by atoms with van der Waals surface area (Å²) in [5, 5.41) is 33.3. The van der Waals surface area contributed by atoms with Gasteiger partial charge >= 0.3 is 52.6 Å². The topological polar surface area (TPSA) is 528 Å². The van der Waals surface area contributed by atoms with Crippen molar-refractivity contribution in [3.8, 4) is 5.75 Å². The van der Waals surface area contributed by atoms with E-state index in [1.165, 1.54) is 48.5 Å². The SMILES string of the molecule is Nc1c(N=Nc2ccc(CCCOS(=O)(=O)O)cc2)ccc2cc(S(=O)(=O)O)c(N=Nc3cccc(Nc4nc(Cl)nc(Nc5ccc(S(=O)(=O)CCOS(=O)(=O)O)cc5)n4)c3)c(O)c12.O=S(=O)=O.O=S(=O)=O.O=S(=O)=O. The second kappa shape index (κ2) is 28.6. The molecule has 6 rings (SSSR count). The van der Waals surface area contributed by atoms with Gasteiger partial charge in [-0.3, -0.25) is 13.7 Å². The number of aromatic nitrogens is 3. The summed E-state index contributed by atoms with van der Waals surface area (Å²) in [6.07, 6.45) is 0.758. The van der Waals surface area contributed by atoms with Crippen LogP contribution < -0.4 is 16.4 Å². The zero-order valence-corrected chi connectivity index (χ0v) is 44.2. The highest BCUT2D eigenvalue weighted by Gasteiger charge is 2.24. The molecule has 0 unspecified atom stereocenters. The minimum absolute atomic E-state index is 0.0649. The number of nitrogen functional groups attached to an aromatic ring is 1. The van der Waals surface area contributed by atoms with Gasteiger partial charge in [-0.05, 0) is 102 Å². The number of rotatable bonds is 19. The quantitative estimate of drug-likeness (QED) is 0.0262. The van der Waals surface area contributed by atoms with E-state index in [9.17, 15) is 43.3 Å². The standard InChI is InChI=1S/C36H33ClN10O14S4.3O3S/c37-34-41-35(39-23-11-13-27(14-12-23)62(49,50)18-17-61-65(57,58)59)43-36(42-34)40-25-4-1-5-26(20-25)45-47-32-29(63(51,52)53)19-22-8-15-28(31(38)30(22)33(32)48)46-44-24-9-6-21(7-10-24)3-2-16-60-64(54,55)56;3*1-4(2)3/h1,4-15,19-20,48H,2-3,16-18,38H2,(H,51,52,53)(H,54,55,56)(H,57,58,59)(H2,39,40,41,42,43);;;. The van der Waals surface area contributed by atoms with Crippen molar-refractivity contribution in [2.24, 2.45) is 20.5 Å². The first-order valence-electron chi connectivity index (χ1n) is 19.6. The number of benzene rings is 5. The smallest absolute Gasteiger partial charge is 0.425 e. The second-order valence-corrected chi connectivity index (χ2v) is 21.1. The van der Waals surface area contributed by atoms with Gasteiger partial charge in [0.05, 0.1) is 46.3 Å². The van der Waals surface area contributed by atoms with Gasteiger partial charge < -0.3 is 21.5 Å². The van der Waals surface area contributed by atoms with Crippen molar-refractivity contribution in [1.29, 1.82) is 0 Å². The molecule has 6 aromatic rings. The number of anilines is 5. The van der Waals surface area contributed by atoms with Crippen LogP contribution in [0.4, 0.5) is 51.7 Å². The summed E-state index contributed by atoms with van der Waals surface area (Å²) >= 11 is 6.14. The minimum Gasteiger partial charge on any atom is -0.505 e. The summed E-state index contributed by atoms with van der Waals surface area (Å²) < 4.78 is 205. The maximum atomic E-state index is 12.5. The molecule has 41 heteroatoms. The van der Waals surface area contributed by atoms with E-state index < -0.39 is 101 Å². The fourth-order valence-electron chi connectivity index (χ4n) is 5.70. The zero-order valence-electron chi connectivity index (χ0n) is 37.7. The van der Waals surface area contributed by atoms with Crippen LogP contribution in [-0.4, -0.2) is 124 Å². The lowest BCUT2D eigenvalue weighted by molar-refractivity contribution is 0.265. The summed E-state index contributed by atoms with van der Waals surface area (Å²) in [6.45, 7) is -1.00. The summed E-state index contributed by atoms with van der Waals surface area (Å²) in [4.78, 5) is 11.4. The molecule has 8 N–H and O–H groups in total. The summed E-state index contributed by atoms with van der Waals surface area (Å²) in [7, 11) is -27.6. The van der Waals surface area contributed by atoms with Gasteiger partial charge in [0.15, 0.2) is 15.6 Å². The number of sulfone groups is 1. The van der Waals surface area contributed by atoms with Crippen LogP contribution in [0.15, 0.2) is 121 Å². The van der Waals surface area contributed by atoms with E-state index in [2.05, 4.69) is 54.4 Å². The second-order valence-electron chi connectivity index (χ2n) is 13.8. The first-order valence-corrected chi connectivity index (χ1v) is 28.8. The average molecular weight is 1230 g/mol. The molecule has 0 atom stereocenters. The molecule has 0 bridgehead atoms. The van der Waals surface area contributed by atoms with Crippen LogP contribution in [-0.2, 0) is 87.4 Å². The number of phenols is 1. The monoisotopic (exact) mass is 1230 g/mol. The van der Waals surface area contributed by atoms with Crippen molar-refractivity contribution < 1.29 is 98.7 Å². The molecule has 0 saturated carbocycles. The number of hydrogen-bond donors (Lipinski definition) is 7. The van der Waals surface area contributed by atoms with Crippen molar-refractivity contribution in [2.75, 3.05) is 35.3 Å². The lowest BCUT2D eigenvalue weighted by atomic mass is 10.1. The van der Waals surface area contributed by atoms with Crippen molar-refractivity contribution in [1.82, 2.24) is 15.0 Å². The number of nitrogens with one attached hydrogen (secondary N) is 2. The Morgan fingerprint density at radius 2 is 1.14 bits per heavy atom. The molecular weight excluding hydrogens is 1200 g/mol. The Kier molecular flexibility index (Phi) is 23.7. The number of aryl methyl sites for hydroxylation is 1. The number of azo groups is 2. The first kappa shape index (κ1) is 63.8. The maximum Gasteiger partial charge on any atom is 0.425 e. The number of halogens is 1. The van der Waals surface area contributed by atoms with E-state index in [0.717, 1.165) is 11.6 Å². The van der Waals surface area contributed by atoms with Crippen LogP contribution in [0.3, 0.4) is 0 Å². The summed E-state index contributed by atoms with van der Waals surface area (Å²) in [5.41, 5.74) is 7.71. The molecule has 0 radical (unpaired) electrons. The van der Waals surface area contributed by atoms with E-state index >= 15 is 0 Å². The van der Waals surface area contributed by atoms with E-state index in [1.807, 2.05) is 0 Å². The highest BCUT2D eigenvalue weighted by molar-refractivity contribution is 7.91. The molecule has 1 aromatic heterocycles. The Balaban J connectivity index is 0.00000118. The first-order chi connectivity index (χ1) is 35.7. The predicted molar refractivity (Wildman–Crippen MR) is 263 cm³/mol. The van der Waals surface area contributed by atoms with Crippen molar-refractivity contribution in [3.63, 3.8) is 0 Å². The number of aromatic hydroxyl groups is 1. The molecular formula is C36H33ClN10O23S7. The molecule has 0 saturated heterocycles. The third-order valence-electron chi connectivity index (χ3n) is 8.60. The van der Waals surface area contributed by atoms with Crippen LogP contribution in [0.5, 0.6) is 5.75 Å². The largest absolute Gasteiger partial charge is 0.505 e. The van der Waals surface area contributed by atoms with Crippen LogP contribution >= 0.6 is 11.6 Å². The van der Waals surface area contributed by atoms with Gasteiger partial charge in [0, 0.05) is 11.4 Å². The van der Waals surface area contributed by atoms with Gasteiger partial charge in [-0.15, -0.1) is 48.1 Å². The molecule has 414 valence electrons. The van der Waals surface area contributed by atoms with Gasteiger partial charge in [-0.2, -0.15) is 50.4 Å². The normalized spacial score (nSPS) is 11.6. The van der Waals surface area contributed by atoms with Crippen molar-refractivity contribution in [3.05, 3.63) is 102 Å². The van der Waals surface area contributed by atoms with Gasteiger partial charge in [0.1, 0.15) is 16.3 Å². The number of nitrogens with zero attached hydrogens (tertiary/aromatic N) is 7. The molecule has 33 nitrogen and oxygen atoms in total. The van der Waals surface area contributed by atoms with Gasteiger partial charge in [-0.25, -0.2) is 16.8 Å². The van der Waals surface area contributed by atoms with Crippen LogP contribution in [0.1, 0.15) is 12.0 Å². The van der Waals surface area contributed by atoms with E-state index in [1.54, 1.807) is 36.4 Å². The highest BCUT2D eigenvalue weighted by atomic mass is 35.5. The molecule has 0 amide bonds. The fraction of sp³-hybridized carbons (Fsp3) is 0.139. The van der Waals surface area contributed by atoms with Crippen LogP contribution in [0.25, 0.3) is 10.8 Å². The van der Waals surface area contributed by atoms with E-state index in [4.69, 9.17) is 64.3 Å². The molecule has 0 aliphatic carbocycles. The summed E-state index contributed by atoms with van der Waals surface area (Å²) in [6, 6.07) is 21.8. The van der Waals surface area contributed by atoms with Crippen LogP contribution in [0, 0.1) is 0 Å². The lowest BCUT2D eigenvalue weighted by Crippen LogP contribution is -2.15. The third-order valence-corrected chi connectivity index (χ3v) is 12.3. The Bertz CT molecular complexity index is 3930. The number of nitrogens with two attached hydrogens (primary N) is 1.